The largest absolute Gasteiger partial charge is 0.370 e. The zero-order valence-corrected chi connectivity index (χ0v) is 12.1. The predicted octanol–water partition coefficient (Wildman–Crippen LogP) is 3.06. The first-order valence-corrected chi connectivity index (χ1v) is 6.99. The van der Waals surface area contributed by atoms with Gasteiger partial charge in [0.1, 0.15) is 5.82 Å². The van der Waals surface area contributed by atoms with E-state index < -0.39 is 5.41 Å². The molecule has 1 aliphatic rings. The summed E-state index contributed by atoms with van der Waals surface area (Å²) in [6, 6.07) is 3.92. The summed E-state index contributed by atoms with van der Waals surface area (Å²) >= 11 is 0. The van der Waals surface area contributed by atoms with E-state index >= 15 is 0 Å². The molecule has 0 aliphatic carbocycles. The molecule has 0 bridgehead atoms. The lowest BCUT2D eigenvalue weighted by molar-refractivity contribution is -0.123. The van der Waals surface area contributed by atoms with E-state index in [-0.39, 0.29) is 5.91 Å². The monoisotopic (exact) mass is 261 g/mol. The number of nitrogens with zero attached hydrogens (tertiary/aromatic N) is 2. The average molecular weight is 261 g/mol. The van der Waals surface area contributed by atoms with Gasteiger partial charge in [0.2, 0.25) is 5.91 Å². The number of nitrogens with one attached hydrogen (secondary N) is 1. The van der Waals surface area contributed by atoms with Crippen molar-refractivity contribution < 1.29 is 4.79 Å². The summed E-state index contributed by atoms with van der Waals surface area (Å²) in [5, 5.41) is 2.84. The van der Waals surface area contributed by atoms with Crippen molar-refractivity contribution in [3.05, 3.63) is 18.3 Å². The van der Waals surface area contributed by atoms with Gasteiger partial charge < -0.3 is 10.2 Å². The molecule has 0 spiro atoms. The van der Waals surface area contributed by atoms with Crippen molar-refractivity contribution in [3.63, 3.8) is 0 Å². The highest BCUT2D eigenvalue weighted by atomic mass is 16.2. The van der Waals surface area contributed by atoms with E-state index in [4.69, 9.17) is 0 Å². The molecule has 2 heterocycles. The molecule has 0 unspecified atom stereocenters. The van der Waals surface area contributed by atoms with Gasteiger partial charge in [-0.3, -0.25) is 4.79 Å². The Kier molecular flexibility index (Phi) is 4.08. The number of anilines is 2. The molecule has 1 fully saturated rings. The molecule has 4 nitrogen and oxygen atoms in total. The standard InChI is InChI=1S/C15H23N3O/c1-15(2,3)14(19)17-13-8-7-12(11-16-13)18-9-5-4-6-10-18/h7-8,11H,4-6,9-10H2,1-3H3,(H,16,17,19). The van der Waals surface area contributed by atoms with Crippen LogP contribution < -0.4 is 10.2 Å². The molecule has 0 saturated carbocycles. The van der Waals surface area contributed by atoms with Gasteiger partial charge in [-0.2, -0.15) is 0 Å². The Morgan fingerprint density at radius 2 is 1.89 bits per heavy atom. The van der Waals surface area contributed by atoms with Crippen LogP contribution in [0.2, 0.25) is 0 Å². The first kappa shape index (κ1) is 13.8. The summed E-state index contributed by atoms with van der Waals surface area (Å²) in [4.78, 5) is 18.5. The number of piperidine rings is 1. The van der Waals surface area contributed by atoms with Gasteiger partial charge in [-0.25, -0.2) is 4.98 Å². The lowest BCUT2D eigenvalue weighted by atomic mass is 9.96. The van der Waals surface area contributed by atoms with Crippen LogP contribution >= 0.6 is 0 Å². The number of hydrogen-bond acceptors (Lipinski definition) is 3. The minimum absolute atomic E-state index is 0.00859. The third-order valence-electron chi connectivity index (χ3n) is 3.39. The van der Waals surface area contributed by atoms with Gasteiger partial charge in [0, 0.05) is 18.5 Å². The molecule has 1 aliphatic heterocycles. The Morgan fingerprint density at radius 3 is 2.42 bits per heavy atom. The SMILES string of the molecule is CC(C)(C)C(=O)Nc1ccc(N2CCCCC2)cn1. The number of amides is 1. The summed E-state index contributed by atoms with van der Waals surface area (Å²) < 4.78 is 0. The van der Waals surface area contributed by atoms with Crippen molar-refractivity contribution in [2.75, 3.05) is 23.3 Å². The van der Waals surface area contributed by atoms with Crippen LogP contribution in [0.15, 0.2) is 18.3 Å². The second-order valence-electron chi connectivity index (χ2n) is 6.15. The third kappa shape index (κ3) is 3.69. The van der Waals surface area contributed by atoms with E-state index in [9.17, 15) is 4.79 Å². The topological polar surface area (TPSA) is 45.2 Å². The number of rotatable bonds is 2. The highest BCUT2D eigenvalue weighted by molar-refractivity contribution is 5.93. The van der Waals surface area contributed by atoms with Gasteiger partial charge in [-0.1, -0.05) is 20.8 Å². The molecule has 19 heavy (non-hydrogen) atoms. The minimum atomic E-state index is -0.396. The number of pyridine rings is 1. The van der Waals surface area contributed by atoms with Crippen LogP contribution in [0.3, 0.4) is 0 Å². The lowest BCUT2D eigenvalue weighted by Crippen LogP contribution is -2.30. The number of aromatic nitrogens is 1. The van der Waals surface area contributed by atoms with Crippen LogP contribution in [0, 0.1) is 5.41 Å². The second-order valence-corrected chi connectivity index (χ2v) is 6.15. The summed E-state index contributed by atoms with van der Waals surface area (Å²) in [6.07, 6.45) is 5.68. The summed E-state index contributed by atoms with van der Waals surface area (Å²) in [5.41, 5.74) is 0.751. The molecule has 0 radical (unpaired) electrons. The molecule has 1 aromatic rings. The summed E-state index contributed by atoms with van der Waals surface area (Å²) in [5.74, 6) is 0.617. The maximum atomic E-state index is 11.9. The molecule has 1 N–H and O–H groups in total. The molecule has 0 aromatic carbocycles. The first-order valence-electron chi connectivity index (χ1n) is 6.99. The number of hydrogen-bond donors (Lipinski definition) is 1. The highest BCUT2D eigenvalue weighted by Gasteiger charge is 2.21. The Morgan fingerprint density at radius 1 is 1.21 bits per heavy atom. The fourth-order valence-electron chi connectivity index (χ4n) is 2.10. The van der Waals surface area contributed by atoms with Crippen LogP contribution in [0.5, 0.6) is 0 Å². The van der Waals surface area contributed by atoms with Gasteiger partial charge in [-0.05, 0) is 31.4 Å². The van der Waals surface area contributed by atoms with Crippen molar-refractivity contribution in [2.24, 2.45) is 5.41 Å². The Labute approximate surface area is 115 Å². The van der Waals surface area contributed by atoms with E-state index in [1.54, 1.807) is 0 Å². The van der Waals surface area contributed by atoms with Crippen molar-refractivity contribution in [1.82, 2.24) is 4.98 Å². The number of carbonyl (C=O) groups is 1. The van der Waals surface area contributed by atoms with Gasteiger partial charge in [-0.15, -0.1) is 0 Å². The van der Waals surface area contributed by atoms with E-state index in [2.05, 4.69) is 15.2 Å². The zero-order valence-electron chi connectivity index (χ0n) is 12.1. The van der Waals surface area contributed by atoms with Crippen LogP contribution in [0.1, 0.15) is 40.0 Å². The fraction of sp³-hybridized carbons (Fsp3) is 0.600. The first-order chi connectivity index (χ1) is 8.97. The molecule has 0 atom stereocenters. The Bertz CT molecular complexity index is 428. The average Bonchev–Trinajstić information content (AvgIpc) is 2.39. The third-order valence-corrected chi connectivity index (χ3v) is 3.39. The minimum Gasteiger partial charge on any atom is -0.370 e. The van der Waals surface area contributed by atoms with Gasteiger partial charge >= 0.3 is 0 Å². The Hall–Kier alpha value is -1.58. The number of carbonyl (C=O) groups excluding carboxylic acids is 1. The summed E-state index contributed by atoms with van der Waals surface area (Å²) in [6.45, 7) is 7.89. The molecule has 104 valence electrons. The van der Waals surface area contributed by atoms with Crippen LogP contribution in [0.25, 0.3) is 0 Å². The van der Waals surface area contributed by atoms with E-state index in [0.29, 0.717) is 5.82 Å². The van der Waals surface area contributed by atoms with Crippen molar-refractivity contribution in [1.29, 1.82) is 0 Å². The van der Waals surface area contributed by atoms with Gasteiger partial charge in [0.05, 0.1) is 11.9 Å². The maximum Gasteiger partial charge on any atom is 0.230 e. The molecular formula is C15H23N3O. The highest BCUT2D eigenvalue weighted by Crippen LogP contribution is 2.21. The van der Waals surface area contributed by atoms with E-state index in [0.717, 1.165) is 18.8 Å². The molecule has 4 heteroatoms. The molecule has 1 saturated heterocycles. The molecule has 1 amide bonds. The second kappa shape index (κ2) is 5.59. The van der Waals surface area contributed by atoms with Gasteiger partial charge in [0.15, 0.2) is 0 Å². The lowest BCUT2D eigenvalue weighted by Gasteiger charge is -2.28. The van der Waals surface area contributed by atoms with E-state index in [1.807, 2.05) is 39.1 Å². The van der Waals surface area contributed by atoms with Crippen LogP contribution in [-0.4, -0.2) is 24.0 Å². The van der Waals surface area contributed by atoms with Crippen LogP contribution in [0.4, 0.5) is 11.5 Å². The summed E-state index contributed by atoms with van der Waals surface area (Å²) in [7, 11) is 0. The smallest absolute Gasteiger partial charge is 0.230 e. The van der Waals surface area contributed by atoms with Crippen molar-refractivity contribution in [2.45, 2.75) is 40.0 Å². The quantitative estimate of drug-likeness (QED) is 0.890. The molecular weight excluding hydrogens is 238 g/mol. The zero-order chi connectivity index (χ0) is 13.9. The van der Waals surface area contributed by atoms with E-state index in [1.165, 1.54) is 19.3 Å². The van der Waals surface area contributed by atoms with Crippen molar-refractivity contribution >= 4 is 17.4 Å². The maximum absolute atomic E-state index is 11.9. The van der Waals surface area contributed by atoms with Crippen molar-refractivity contribution in [3.8, 4) is 0 Å². The molecule has 2 rings (SSSR count). The molecule has 1 aromatic heterocycles. The predicted molar refractivity (Wildman–Crippen MR) is 78.4 cm³/mol. The normalized spacial score (nSPS) is 16.3. The van der Waals surface area contributed by atoms with Crippen LogP contribution in [-0.2, 0) is 4.79 Å². The fourth-order valence-corrected chi connectivity index (χ4v) is 2.10. The Balaban J connectivity index is 2.00. The van der Waals surface area contributed by atoms with Gasteiger partial charge in [0.25, 0.3) is 0 Å².